The van der Waals surface area contributed by atoms with Crippen LogP contribution in [0.3, 0.4) is 0 Å². The van der Waals surface area contributed by atoms with Crippen molar-refractivity contribution in [1.29, 1.82) is 0 Å². The van der Waals surface area contributed by atoms with Crippen LogP contribution in [0.15, 0.2) is 55.2 Å². The quantitative estimate of drug-likeness (QED) is 0.784. The number of carbonyl (C=O) groups is 1. The predicted octanol–water partition coefficient (Wildman–Crippen LogP) is 2.18. The second-order valence-corrected chi connectivity index (χ2v) is 5.40. The SMILES string of the molecule is C[C@H](Cn1ccnc1)NC(=O)Cc1cccc2cccnc12. The molecule has 112 valence electrons. The van der Waals surface area contributed by atoms with E-state index < -0.39 is 0 Å². The van der Waals surface area contributed by atoms with Crippen LogP contribution in [0.4, 0.5) is 0 Å². The molecule has 2 heterocycles. The van der Waals surface area contributed by atoms with Gasteiger partial charge in [-0.1, -0.05) is 24.3 Å². The minimum Gasteiger partial charge on any atom is -0.352 e. The molecule has 1 aromatic carbocycles. The van der Waals surface area contributed by atoms with E-state index in [1.165, 1.54) is 0 Å². The van der Waals surface area contributed by atoms with Crippen molar-refractivity contribution in [2.24, 2.45) is 0 Å². The summed E-state index contributed by atoms with van der Waals surface area (Å²) in [5, 5.41) is 4.07. The highest BCUT2D eigenvalue weighted by Gasteiger charge is 2.11. The maximum absolute atomic E-state index is 12.2. The van der Waals surface area contributed by atoms with Gasteiger partial charge in [-0.3, -0.25) is 9.78 Å². The zero-order chi connectivity index (χ0) is 15.4. The number of para-hydroxylation sites is 1. The number of fused-ring (bicyclic) bond motifs is 1. The van der Waals surface area contributed by atoms with Crippen molar-refractivity contribution in [3.8, 4) is 0 Å². The van der Waals surface area contributed by atoms with Gasteiger partial charge in [-0.25, -0.2) is 4.98 Å². The van der Waals surface area contributed by atoms with E-state index in [2.05, 4.69) is 15.3 Å². The number of nitrogens with zero attached hydrogens (tertiary/aromatic N) is 3. The fourth-order valence-corrected chi connectivity index (χ4v) is 2.57. The van der Waals surface area contributed by atoms with Gasteiger partial charge in [0.15, 0.2) is 0 Å². The zero-order valence-corrected chi connectivity index (χ0v) is 12.4. The summed E-state index contributed by atoms with van der Waals surface area (Å²) in [6, 6.07) is 9.87. The van der Waals surface area contributed by atoms with Gasteiger partial charge in [-0.05, 0) is 18.6 Å². The summed E-state index contributed by atoms with van der Waals surface area (Å²) in [6.07, 6.45) is 7.46. The van der Waals surface area contributed by atoms with Crippen molar-refractivity contribution in [3.63, 3.8) is 0 Å². The first-order chi connectivity index (χ1) is 10.7. The number of hydrogen-bond donors (Lipinski definition) is 1. The van der Waals surface area contributed by atoms with E-state index in [1.54, 1.807) is 18.7 Å². The number of pyridine rings is 1. The molecule has 22 heavy (non-hydrogen) atoms. The van der Waals surface area contributed by atoms with Crippen LogP contribution >= 0.6 is 0 Å². The number of benzene rings is 1. The molecule has 0 aliphatic carbocycles. The highest BCUT2D eigenvalue weighted by Crippen LogP contribution is 2.16. The topological polar surface area (TPSA) is 59.8 Å². The molecular weight excluding hydrogens is 276 g/mol. The second kappa shape index (κ2) is 6.39. The Morgan fingerprint density at radius 2 is 2.14 bits per heavy atom. The number of aromatic nitrogens is 3. The smallest absolute Gasteiger partial charge is 0.224 e. The molecule has 0 saturated carbocycles. The van der Waals surface area contributed by atoms with Crippen molar-refractivity contribution in [2.45, 2.75) is 25.9 Å². The molecule has 5 heteroatoms. The Morgan fingerprint density at radius 3 is 2.95 bits per heavy atom. The lowest BCUT2D eigenvalue weighted by Crippen LogP contribution is -2.36. The van der Waals surface area contributed by atoms with Crippen LogP contribution in [-0.4, -0.2) is 26.5 Å². The van der Waals surface area contributed by atoms with Gasteiger partial charge in [0, 0.05) is 36.6 Å². The Kier molecular flexibility index (Phi) is 4.14. The van der Waals surface area contributed by atoms with Gasteiger partial charge in [0.2, 0.25) is 5.91 Å². The first-order valence-electron chi connectivity index (χ1n) is 7.30. The molecule has 1 amide bonds. The van der Waals surface area contributed by atoms with Crippen LogP contribution in [0, 0.1) is 0 Å². The number of nitrogens with one attached hydrogen (secondary N) is 1. The Hall–Kier alpha value is -2.69. The van der Waals surface area contributed by atoms with Crippen LogP contribution in [-0.2, 0) is 17.8 Å². The Morgan fingerprint density at radius 1 is 1.27 bits per heavy atom. The third-order valence-electron chi connectivity index (χ3n) is 3.52. The van der Waals surface area contributed by atoms with Gasteiger partial charge >= 0.3 is 0 Å². The second-order valence-electron chi connectivity index (χ2n) is 5.40. The molecule has 5 nitrogen and oxygen atoms in total. The van der Waals surface area contributed by atoms with E-state index in [9.17, 15) is 4.79 Å². The molecule has 0 aliphatic heterocycles. The number of carbonyl (C=O) groups excluding carboxylic acids is 1. The molecule has 0 radical (unpaired) electrons. The van der Waals surface area contributed by atoms with Gasteiger partial charge in [0.25, 0.3) is 0 Å². The average Bonchev–Trinajstić information content (AvgIpc) is 3.00. The Balaban J connectivity index is 1.65. The molecule has 0 fully saturated rings. The summed E-state index contributed by atoms with van der Waals surface area (Å²) in [6.45, 7) is 2.69. The largest absolute Gasteiger partial charge is 0.352 e. The summed E-state index contributed by atoms with van der Waals surface area (Å²) >= 11 is 0. The highest BCUT2D eigenvalue weighted by atomic mass is 16.1. The number of hydrogen-bond acceptors (Lipinski definition) is 3. The third-order valence-corrected chi connectivity index (χ3v) is 3.52. The van der Waals surface area contributed by atoms with Crippen molar-refractivity contribution in [1.82, 2.24) is 19.9 Å². The standard InChI is InChI=1S/C17H18N4O/c1-13(11-21-9-8-18-12-21)20-16(22)10-15-5-2-4-14-6-3-7-19-17(14)15/h2-9,12-13H,10-11H2,1H3,(H,20,22)/t13-/m1/s1. The lowest BCUT2D eigenvalue weighted by molar-refractivity contribution is -0.121. The average molecular weight is 294 g/mol. The molecule has 1 atom stereocenters. The lowest BCUT2D eigenvalue weighted by atomic mass is 10.1. The van der Waals surface area contributed by atoms with Crippen LogP contribution in [0.2, 0.25) is 0 Å². The predicted molar refractivity (Wildman–Crippen MR) is 85.3 cm³/mol. The van der Waals surface area contributed by atoms with Crippen molar-refractivity contribution < 1.29 is 4.79 Å². The number of amides is 1. The Bertz CT molecular complexity index is 762. The van der Waals surface area contributed by atoms with Gasteiger partial charge in [-0.15, -0.1) is 0 Å². The molecular formula is C17H18N4O. The van der Waals surface area contributed by atoms with Crippen LogP contribution in [0.1, 0.15) is 12.5 Å². The third kappa shape index (κ3) is 3.31. The summed E-state index contributed by atoms with van der Waals surface area (Å²) in [5.74, 6) is 0.00534. The minimum atomic E-state index is 0.00534. The molecule has 2 aromatic heterocycles. The molecule has 0 aliphatic rings. The summed E-state index contributed by atoms with van der Waals surface area (Å²) in [7, 11) is 0. The van der Waals surface area contributed by atoms with Gasteiger partial charge in [-0.2, -0.15) is 0 Å². The van der Waals surface area contributed by atoms with E-state index in [0.717, 1.165) is 16.5 Å². The monoisotopic (exact) mass is 294 g/mol. The Labute approximate surface area is 129 Å². The van der Waals surface area contributed by atoms with Crippen molar-refractivity contribution in [2.75, 3.05) is 0 Å². The minimum absolute atomic E-state index is 0.00534. The fraction of sp³-hybridized carbons (Fsp3) is 0.235. The van der Waals surface area contributed by atoms with Crippen molar-refractivity contribution in [3.05, 3.63) is 60.8 Å². The van der Waals surface area contributed by atoms with E-state index >= 15 is 0 Å². The fourth-order valence-electron chi connectivity index (χ4n) is 2.57. The summed E-state index contributed by atoms with van der Waals surface area (Å²) in [5.41, 5.74) is 1.84. The van der Waals surface area contributed by atoms with Crippen LogP contribution in [0.5, 0.6) is 0 Å². The maximum Gasteiger partial charge on any atom is 0.224 e. The number of rotatable bonds is 5. The van der Waals surface area contributed by atoms with E-state index in [-0.39, 0.29) is 11.9 Å². The van der Waals surface area contributed by atoms with Gasteiger partial charge < -0.3 is 9.88 Å². The molecule has 0 bridgehead atoms. The van der Waals surface area contributed by atoms with E-state index in [1.807, 2.05) is 48.0 Å². The van der Waals surface area contributed by atoms with Crippen molar-refractivity contribution >= 4 is 16.8 Å². The van der Waals surface area contributed by atoms with Gasteiger partial charge in [0.05, 0.1) is 18.3 Å². The first-order valence-corrected chi connectivity index (χ1v) is 7.30. The van der Waals surface area contributed by atoms with E-state index in [4.69, 9.17) is 0 Å². The summed E-state index contributed by atoms with van der Waals surface area (Å²) < 4.78 is 1.95. The van der Waals surface area contributed by atoms with E-state index in [0.29, 0.717) is 13.0 Å². The molecule has 0 saturated heterocycles. The lowest BCUT2D eigenvalue weighted by Gasteiger charge is -2.14. The molecule has 0 spiro atoms. The van der Waals surface area contributed by atoms with Crippen LogP contribution in [0.25, 0.3) is 10.9 Å². The normalized spacial score (nSPS) is 12.2. The maximum atomic E-state index is 12.2. The highest BCUT2D eigenvalue weighted by molar-refractivity contribution is 5.87. The molecule has 3 aromatic rings. The van der Waals surface area contributed by atoms with Gasteiger partial charge in [0.1, 0.15) is 0 Å². The molecule has 1 N–H and O–H groups in total. The number of imidazole rings is 1. The molecule has 3 rings (SSSR count). The van der Waals surface area contributed by atoms with Crippen LogP contribution < -0.4 is 5.32 Å². The zero-order valence-electron chi connectivity index (χ0n) is 12.4. The molecule has 0 unspecified atom stereocenters. The summed E-state index contributed by atoms with van der Waals surface area (Å²) in [4.78, 5) is 20.6. The first kappa shape index (κ1) is 14.3.